The van der Waals surface area contributed by atoms with Gasteiger partial charge in [0.15, 0.2) is 0 Å². The van der Waals surface area contributed by atoms with Crippen molar-refractivity contribution in [1.29, 1.82) is 0 Å². The van der Waals surface area contributed by atoms with Crippen LogP contribution in [0.2, 0.25) is 0 Å². The highest BCUT2D eigenvalue weighted by Crippen LogP contribution is 2.21. The highest BCUT2D eigenvalue weighted by Gasteiger charge is 2.19. The fourth-order valence-electron chi connectivity index (χ4n) is 2.32. The van der Waals surface area contributed by atoms with Gasteiger partial charge in [-0.2, -0.15) is 0 Å². The summed E-state index contributed by atoms with van der Waals surface area (Å²) in [7, 11) is 0. The lowest BCUT2D eigenvalue weighted by molar-refractivity contribution is 0.235. The molecule has 1 aromatic rings. The predicted molar refractivity (Wildman–Crippen MR) is 79.9 cm³/mol. The number of urea groups is 1. The zero-order valence-corrected chi connectivity index (χ0v) is 11.9. The molecule has 3 N–H and O–H groups in total. The number of hydrogen-bond donors (Lipinski definition) is 2. The number of nitrogens with zero attached hydrogens (tertiary/aromatic N) is 1. The molecule has 104 valence electrons. The smallest absolute Gasteiger partial charge is 0.322 e. The lowest BCUT2D eigenvalue weighted by Crippen LogP contribution is -2.37. The van der Waals surface area contributed by atoms with Crippen molar-refractivity contribution >= 4 is 18.0 Å². The molecule has 0 saturated carbocycles. The SMILES string of the molecule is NC(=O)NSC1CCN(CCc2ccccc2)CC1. The van der Waals surface area contributed by atoms with Gasteiger partial charge in [0.25, 0.3) is 0 Å². The molecule has 0 atom stereocenters. The van der Waals surface area contributed by atoms with Crippen LogP contribution in [0.4, 0.5) is 4.79 Å². The number of piperidine rings is 1. The lowest BCUT2D eigenvalue weighted by Gasteiger charge is -2.31. The van der Waals surface area contributed by atoms with Gasteiger partial charge >= 0.3 is 6.03 Å². The molecule has 2 amide bonds. The number of carbonyl (C=O) groups excluding carboxylic acids is 1. The molecule has 0 spiro atoms. The first-order valence-corrected chi connectivity index (χ1v) is 7.59. The Morgan fingerprint density at radius 1 is 1.32 bits per heavy atom. The van der Waals surface area contributed by atoms with E-state index in [1.165, 1.54) is 17.5 Å². The van der Waals surface area contributed by atoms with Crippen LogP contribution in [-0.4, -0.2) is 35.8 Å². The standard InChI is InChI=1S/C14H21N3OS/c15-14(18)16-19-13-7-10-17(11-8-13)9-6-12-4-2-1-3-5-12/h1-5,13H,6-11H2,(H3,15,16,18). The van der Waals surface area contributed by atoms with Gasteiger partial charge in [-0.05, 0) is 49.9 Å². The van der Waals surface area contributed by atoms with Gasteiger partial charge in [-0.3, -0.25) is 4.72 Å². The zero-order valence-electron chi connectivity index (χ0n) is 11.0. The fraction of sp³-hybridized carbons (Fsp3) is 0.500. The summed E-state index contributed by atoms with van der Waals surface area (Å²) in [5, 5.41) is 0.500. The number of nitrogens with one attached hydrogen (secondary N) is 1. The molecule has 5 heteroatoms. The minimum atomic E-state index is -0.448. The molecule has 0 bridgehead atoms. The number of rotatable bonds is 5. The van der Waals surface area contributed by atoms with Gasteiger partial charge in [0.2, 0.25) is 0 Å². The van der Waals surface area contributed by atoms with Crippen LogP contribution in [0.15, 0.2) is 30.3 Å². The normalized spacial score (nSPS) is 17.3. The van der Waals surface area contributed by atoms with Gasteiger partial charge in [-0.25, -0.2) is 4.79 Å². The summed E-state index contributed by atoms with van der Waals surface area (Å²) in [6, 6.07) is 10.1. The van der Waals surface area contributed by atoms with Crippen LogP contribution >= 0.6 is 11.9 Å². The van der Waals surface area contributed by atoms with Gasteiger partial charge in [0.05, 0.1) is 0 Å². The Labute approximate surface area is 118 Å². The maximum absolute atomic E-state index is 10.6. The number of likely N-dealkylation sites (tertiary alicyclic amines) is 1. The van der Waals surface area contributed by atoms with E-state index in [-0.39, 0.29) is 0 Å². The van der Waals surface area contributed by atoms with Crippen molar-refractivity contribution in [3.05, 3.63) is 35.9 Å². The fourth-order valence-corrected chi connectivity index (χ4v) is 3.05. The second kappa shape index (κ2) is 7.40. The van der Waals surface area contributed by atoms with E-state index < -0.39 is 6.03 Å². The molecule has 0 aromatic heterocycles. The van der Waals surface area contributed by atoms with E-state index in [1.54, 1.807) is 0 Å². The molecular formula is C14H21N3OS. The first-order chi connectivity index (χ1) is 9.24. The Hall–Kier alpha value is -1.20. The molecule has 4 nitrogen and oxygen atoms in total. The molecule has 0 unspecified atom stereocenters. The first kappa shape index (κ1) is 14.2. The van der Waals surface area contributed by atoms with E-state index in [2.05, 4.69) is 40.0 Å². The molecule has 1 aliphatic heterocycles. The van der Waals surface area contributed by atoms with Crippen molar-refractivity contribution in [2.75, 3.05) is 19.6 Å². The van der Waals surface area contributed by atoms with Gasteiger partial charge < -0.3 is 10.6 Å². The predicted octanol–water partition coefficient (Wildman–Crippen LogP) is 2.01. The Bertz CT molecular complexity index is 391. The molecule has 19 heavy (non-hydrogen) atoms. The van der Waals surface area contributed by atoms with Gasteiger partial charge in [0, 0.05) is 11.8 Å². The minimum Gasteiger partial charge on any atom is -0.351 e. The van der Waals surface area contributed by atoms with E-state index in [9.17, 15) is 4.79 Å². The first-order valence-electron chi connectivity index (χ1n) is 6.71. The minimum absolute atomic E-state index is 0.448. The molecule has 1 aliphatic rings. The monoisotopic (exact) mass is 279 g/mol. The number of carbonyl (C=O) groups is 1. The average Bonchev–Trinajstić information content (AvgIpc) is 2.45. The average molecular weight is 279 g/mol. The van der Waals surface area contributed by atoms with Crippen LogP contribution in [0, 0.1) is 0 Å². The highest BCUT2D eigenvalue weighted by atomic mass is 32.2. The van der Waals surface area contributed by atoms with E-state index in [0.717, 1.165) is 38.9 Å². The summed E-state index contributed by atoms with van der Waals surface area (Å²) in [5.74, 6) is 0. The summed E-state index contributed by atoms with van der Waals surface area (Å²) in [4.78, 5) is 13.1. The largest absolute Gasteiger partial charge is 0.351 e. The summed E-state index contributed by atoms with van der Waals surface area (Å²) >= 11 is 1.47. The van der Waals surface area contributed by atoms with Crippen LogP contribution in [-0.2, 0) is 6.42 Å². The maximum atomic E-state index is 10.6. The summed E-state index contributed by atoms with van der Waals surface area (Å²) < 4.78 is 2.62. The third-order valence-corrected chi connectivity index (χ3v) is 4.54. The Morgan fingerprint density at radius 2 is 2.00 bits per heavy atom. The third-order valence-electron chi connectivity index (χ3n) is 3.42. The molecule has 1 heterocycles. The molecule has 0 radical (unpaired) electrons. The Kier molecular flexibility index (Phi) is 5.54. The van der Waals surface area contributed by atoms with E-state index >= 15 is 0 Å². The van der Waals surface area contributed by atoms with Gasteiger partial charge in [-0.1, -0.05) is 30.3 Å². The van der Waals surface area contributed by atoms with Crippen molar-refractivity contribution in [3.8, 4) is 0 Å². The summed E-state index contributed by atoms with van der Waals surface area (Å²) in [5.41, 5.74) is 6.47. The molecule has 1 aromatic carbocycles. The van der Waals surface area contributed by atoms with Gasteiger partial charge in [0.1, 0.15) is 0 Å². The molecule has 0 aliphatic carbocycles. The second-order valence-electron chi connectivity index (χ2n) is 4.86. The molecule has 1 fully saturated rings. The molecule has 1 saturated heterocycles. The Morgan fingerprint density at radius 3 is 2.63 bits per heavy atom. The quantitative estimate of drug-likeness (QED) is 0.811. The second-order valence-corrected chi connectivity index (χ2v) is 5.97. The van der Waals surface area contributed by atoms with Crippen LogP contribution in [0.3, 0.4) is 0 Å². The van der Waals surface area contributed by atoms with Crippen molar-refractivity contribution in [2.24, 2.45) is 5.73 Å². The number of nitrogens with two attached hydrogens (primary N) is 1. The van der Waals surface area contributed by atoms with Gasteiger partial charge in [-0.15, -0.1) is 0 Å². The number of hydrogen-bond acceptors (Lipinski definition) is 3. The van der Waals surface area contributed by atoms with Crippen LogP contribution in [0.25, 0.3) is 0 Å². The van der Waals surface area contributed by atoms with Crippen molar-refractivity contribution in [3.63, 3.8) is 0 Å². The molecule has 2 rings (SSSR count). The lowest BCUT2D eigenvalue weighted by atomic mass is 10.1. The Balaban J connectivity index is 1.65. The van der Waals surface area contributed by atoms with Crippen LogP contribution in [0.1, 0.15) is 18.4 Å². The number of primary amides is 1. The number of amides is 2. The zero-order chi connectivity index (χ0) is 13.5. The van der Waals surface area contributed by atoms with E-state index in [0.29, 0.717) is 5.25 Å². The summed E-state index contributed by atoms with van der Waals surface area (Å²) in [6.07, 6.45) is 3.33. The third kappa shape index (κ3) is 5.12. The molecular weight excluding hydrogens is 258 g/mol. The highest BCUT2D eigenvalue weighted by molar-refractivity contribution is 7.98. The van der Waals surface area contributed by atoms with Crippen LogP contribution < -0.4 is 10.5 Å². The summed E-state index contributed by atoms with van der Waals surface area (Å²) in [6.45, 7) is 3.32. The van der Waals surface area contributed by atoms with E-state index in [4.69, 9.17) is 5.73 Å². The van der Waals surface area contributed by atoms with Crippen molar-refractivity contribution in [1.82, 2.24) is 9.62 Å². The van der Waals surface area contributed by atoms with Crippen molar-refractivity contribution in [2.45, 2.75) is 24.5 Å². The number of benzene rings is 1. The van der Waals surface area contributed by atoms with Crippen molar-refractivity contribution < 1.29 is 4.79 Å². The van der Waals surface area contributed by atoms with E-state index in [1.807, 2.05) is 0 Å². The topological polar surface area (TPSA) is 58.4 Å². The maximum Gasteiger partial charge on any atom is 0.322 e. The van der Waals surface area contributed by atoms with Crippen LogP contribution in [0.5, 0.6) is 0 Å².